The minimum atomic E-state index is -0.194. The van der Waals surface area contributed by atoms with Gasteiger partial charge in [-0.3, -0.25) is 9.59 Å². The molecule has 1 aromatic carbocycles. The van der Waals surface area contributed by atoms with Crippen LogP contribution in [0.2, 0.25) is 0 Å². The monoisotopic (exact) mass is 318 g/mol. The molecule has 2 aromatic rings. The van der Waals surface area contributed by atoms with Crippen molar-refractivity contribution in [3.8, 4) is 5.75 Å². The van der Waals surface area contributed by atoms with Crippen LogP contribution in [0, 0.1) is 6.92 Å². The molecule has 0 fully saturated rings. The van der Waals surface area contributed by atoms with Crippen molar-refractivity contribution >= 4 is 23.2 Å². The van der Waals surface area contributed by atoms with Gasteiger partial charge in [-0.2, -0.15) is 0 Å². The molecule has 0 spiro atoms. The molecule has 0 radical (unpaired) electrons. The Labute approximate surface area is 133 Å². The first kappa shape index (κ1) is 16.0. The van der Waals surface area contributed by atoms with E-state index in [1.165, 1.54) is 11.3 Å². The first-order chi connectivity index (χ1) is 10.6. The van der Waals surface area contributed by atoms with Crippen LogP contribution in [0.4, 0.5) is 0 Å². The highest BCUT2D eigenvalue weighted by molar-refractivity contribution is 7.12. The Morgan fingerprint density at radius 1 is 1.14 bits per heavy atom. The molecular weight excluding hydrogens is 300 g/mol. The predicted octanol–water partition coefficient (Wildman–Crippen LogP) is 2.22. The predicted molar refractivity (Wildman–Crippen MR) is 86.7 cm³/mol. The highest BCUT2D eigenvalue weighted by Gasteiger charge is 2.10. The van der Waals surface area contributed by atoms with Gasteiger partial charge in [0.25, 0.3) is 11.8 Å². The summed E-state index contributed by atoms with van der Waals surface area (Å²) in [6.45, 7) is 2.65. The zero-order chi connectivity index (χ0) is 15.9. The molecule has 1 heterocycles. The van der Waals surface area contributed by atoms with Gasteiger partial charge in [0.1, 0.15) is 5.75 Å². The molecule has 0 aliphatic rings. The molecule has 2 amide bonds. The molecule has 0 aliphatic carbocycles. The summed E-state index contributed by atoms with van der Waals surface area (Å²) in [6.07, 6.45) is 0. The van der Waals surface area contributed by atoms with E-state index < -0.39 is 0 Å². The number of ether oxygens (including phenoxy) is 1. The largest absolute Gasteiger partial charge is 0.497 e. The van der Waals surface area contributed by atoms with Crippen LogP contribution < -0.4 is 15.4 Å². The van der Waals surface area contributed by atoms with E-state index >= 15 is 0 Å². The van der Waals surface area contributed by atoms with Gasteiger partial charge in [-0.15, -0.1) is 11.3 Å². The Hall–Kier alpha value is -2.34. The van der Waals surface area contributed by atoms with Gasteiger partial charge in [0.05, 0.1) is 12.0 Å². The summed E-state index contributed by atoms with van der Waals surface area (Å²) in [5.74, 6) is 0.331. The molecular formula is C16H18N2O3S. The van der Waals surface area contributed by atoms with Crippen LogP contribution in [0.25, 0.3) is 0 Å². The second-order valence-corrected chi connectivity index (χ2v) is 5.59. The van der Waals surface area contributed by atoms with Crippen LogP contribution in [-0.2, 0) is 0 Å². The Morgan fingerprint density at radius 3 is 2.50 bits per heavy atom. The van der Waals surface area contributed by atoms with Gasteiger partial charge in [0.2, 0.25) is 0 Å². The number of benzene rings is 1. The number of carbonyl (C=O) groups is 2. The average Bonchev–Trinajstić information content (AvgIpc) is 2.97. The lowest BCUT2D eigenvalue weighted by Gasteiger charge is -2.08. The van der Waals surface area contributed by atoms with Gasteiger partial charge in [-0.1, -0.05) is 6.07 Å². The molecule has 0 saturated heterocycles. The number of hydrogen-bond donors (Lipinski definition) is 2. The summed E-state index contributed by atoms with van der Waals surface area (Å²) in [4.78, 5) is 24.6. The van der Waals surface area contributed by atoms with Crippen molar-refractivity contribution < 1.29 is 14.3 Å². The van der Waals surface area contributed by atoms with Crippen molar-refractivity contribution in [2.75, 3.05) is 20.2 Å². The summed E-state index contributed by atoms with van der Waals surface area (Å²) in [7, 11) is 1.55. The van der Waals surface area contributed by atoms with Crippen LogP contribution in [0.15, 0.2) is 35.7 Å². The maximum absolute atomic E-state index is 12.0. The highest BCUT2D eigenvalue weighted by atomic mass is 32.1. The number of rotatable bonds is 6. The van der Waals surface area contributed by atoms with Crippen LogP contribution in [0.1, 0.15) is 25.6 Å². The third-order valence-corrected chi connectivity index (χ3v) is 4.11. The molecule has 2 N–H and O–H groups in total. The molecule has 1 aromatic heterocycles. The molecule has 6 heteroatoms. The lowest BCUT2D eigenvalue weighted by Crippen LogP contribution is -2.34. The molecule has 0 saturated carbocycles. The standard InChI is InChI=1S/C16H18N2O3S/c1-11-6-9-22-14(11)16(20)18-8-7-17-15(19)12-4-3-5-13(10-12)21-2/h3-6,9-10H,7-8H2,1-2H3,(H,17,19)(H,18,20). The van der Waals surface area contributed by atoms with Crippen LogP contribution in [-0.4, -0.2) is 32.0 Å². The smallest absolute Gasteiger partial charge is 0.261 e. The number of aryl methyl sites for hydroxylation is 1. The van der Waals surface area contributed by atoms with Gasteiger partial charge in [-0.25, -0.2) is 0 Å². The van der Waals surface area contributed by atoms with Crippen molar-refractivity contribution in [1.29, 1.82) is 0 Å². The molecule has 5 nitrogen and oxygen atoms in total. The Balaban J connectivity index is 1.77. The second kappa shape index (κ2) is 7.61. The van der Waals surface area contributed by atoms with Gasteiger partial charge in [0, 0.05) is 18.7 Å². The lowest BCUT2D eigenvalue weighted by atomic mass is 10.2. The molecule has 0 bridgehead atoms. The number of thiophene rings is 1. The first-order valence-corrected chi connectivity index (χ1v) is 7.74. The van der Waals surface area contributed by atoms with E-state index in [-0.39, 0.29) is 11.8 Å². The lowest BCUT2D eigenvalue weighted by molar-refractivity contribution is 0.0929. The van der Waals surface area contributed by atoms with Crippen LogP contribution in [0.3, 0.4) is 0 Å². The summed E-state index contributed by atoms with van der Waals surface area (Å²) in [5.41, 5.74) is 1.49. The number of amides is 2. The fraction of sp³-hybridized carbons (Fsp3) is 0.250. The molecule has 0 atom stereocenters. The highest BCUT2D eigenvalue weighted by Crippen LogP contribution is 2.14. The molecule has 2 rings (SSSR count). The number of nitrogens with one attached hydrogen (secondary N) is 2. The minimum absolute atomic E-state index is 0.108. The average molecular weight is 318 g/mol. The normalized spacial score (nSPS) is 10.1. The summed E-state index contributed by atoms with van der Waals surface area (Å²) in [5, 5.41) is 7.43. The fourth-order valence-electron chi connectivity index (χ4n) is 1.90. The van der Waals surface area contributed by atoms with Crippen molar-refractivity contribution in [3.05, 3.63) is 51.7 Å². The van der Waals surface area contributed by atoms with E-state index in [9.17, 15) is 9.59 Å². The van der Waals surface area contributed by atoms with Crippen LogP contribution in [0.5, 0.6) is 5.75 Å². The second-order valence-electron chi connectivity index (χ2n) is 4.68. The zero-order valence-electron chi connectivity index (χ0n) is 12.5. The van der Waals surface area contributed by atoms with E-state index in [1.807, 2.05) is 18.4 Å². The SMILES string of the molecule is COc1cccc(C(=O)NCCNC(=O)c2sccc2C)c1. The number of hydrogen-bond acceptors (Lipinski definition) is 4. The molecule has 116 valence electrons. The van der Waals surface area contributed by atoms with E-state index in [1.54, 1.807) is 31.4 Å². The van der Waals surface area contributed by atoms with E-state index in [2.05, 4.69) is 10.6 Å². The quantitative estimate of drug-likeness (QED) is 0.803. The van der Waals surface area contributed by atoms with Gasteiger partial charge in [-0.05, 0) is 42.1 Å². The Bertz CT molecular complexity index is 667. The van der Waals surface area contributed by atoms with Crippen molar-refractivity contribution in [2.24, 2.45) is 0 Å². The third-order valence-electron chi connectivity index (χ3n) is 3.10. The zero-order valence-corrected chi connectivity index (χ0v) is 13.3. The molecule has 0 unspecified atom stereocenters. The van der Waals surface area contributed by atoms with Crippen molar-refractivity contribution in [1.82, 2.24) is 10.6 Å². The summed E-state index contributed by atoms with van der Waals surface area (Å²) >= 11 is 1.41. The number of carbonyl (C=O) groups excluding carboxylic acids is 2. The van der Waals surface area contributed by atoms with Crippen LogP contribution >= 0.6 is 11.3 Å². The minimum Gasteiger partial charge on any atom is -0.497 e. The van der Waals surface area contributed by atoms with E-state index in [0.717, 1.165) is 5.56 Å². The van der Waals surface area contributed by atoms with Crippen molar-refractivity contribution in [3.63, 3.8) is 0 Å². The van der Waals surface area contributed by atoms with Gasteiger partial charge in [0.15, 0.2) is 0 Å². The van der Waals surface area contributed by atoms with Gasteiger partial charge >= 0.3 is 0 Å². The maximum atomic E-state index is 12.0. The Morgan fingerprint density at radius 2 is 1.86 bits per heavy atom. The third kappa shape index (κ3) is 4.08. The fourth-order valence-corrected chi connectivity index (χ4v) is 2.75. The summed E-state index contributed by atoms with van der Waals surface area (Å²) < 4.78 is 5.08. The molecule has 22 heavy (non-hydrogen) atoms. The first-order valence-electron chi connectivity index (χ1n) is 6.86. The number of methoxy groups -OCH3 is 1. The Kier molecular flexibility index (Phi) is 5.55. The topological polar surface area (TPSA) is 67.4 Å². The van der Waals surface area contributed by atoms with Gasteiger partial charge < -0.3 is 15.4 Å². The summed E-state index contributed by atoms with van der Waals surface area (Å²) in [6, 6.07) is 8.83. The van der Waals surface area contributed by atoms with Crippen molar-refractivity contribution in [2.45, 2.75) is 6.92 Å². The van der Waals surface area contributed by atoms with E-state index in [4.69, 9.17) is 4.74 Å². The maximum Gasteiger partial charge on any atom is 0.261 e. The van der Waals surface area contributed by atoms with E-state index in [0.29, 0.717) is 29.3 Å². The molecule has 0 aliphatic heterocycles.